The molecular formula is C18H30N4O. The van der Waals surface area contributed by atoms with Gasteiger partial charge in [-0.25, -0.2) is 4.79 Å². The summed E-state index contributed by atoms with van der Waals surface area (Å²) in [6.07, 6.45) is 10.0. The Morgan fingerprint density at radius 2 is 2.04 bits per heavy atom. The van der Waals surface area contributed by atoms with Gasteiger partial charge in [0.2, 0.25) is 0 Å². The van der Waals surface area contributed by atoms with Crippen molar-refractivity contribution in [1.29, 1.82) is 0 Å². The van der Waals surface area contributed by atoms with E-state index in [1.807, 2.05) is 31.1 Å². The van der Waals surface area contributed by atoms with Crippen LogP contribution >= 0.6 is 0 Å². The molecule has 2 rings (SSSR count). The SMILES string of the molecule is CN(C)CCN(CC1CCCCC1)C(=O)NCc1cccnc1. The second-order valence-electron chi connectivity index (χ2n) is 6.77. The lowest BCUT2D eigenvalue weighted by Crippen LogP contribution is -2.45. The van der Waals surface area contributed by atoms with Crippen LogP contribution in [0.3, 0.4) is 0 Å². The van der Waals surface area contributed by atoms with Crippen LogP contribution in [0.25, 0.3) is 0 Å². The van der Waals surface area contributed by atoms with Crippen LogP contribution in [0.2, 0.25) is 0 Å². The molecule has 1 saturated carbocycles. The molecule has 23 heavy (non-hydrogen) atoms. The first-order valence-electron chi connectivity index (χ1n) is 8.71. The standard InChI is InChI=1S/C18H30N4O/c1-21(2)11-12-22(15-16-7-4-3-5-8-16)18(23)20-14-17-9-6-10-19-13-17/h6,9-10,13,16H,3-5,7-8,11-12,14-15H2,1-2H3,(H,20,23). The highest BCUT2D eigenvalue weighted by Crippen LogP contribution is 2.24. The van der Waals surface area contributed by atoms with E-state index in [0.717, 1.165) is 25.2 Å². The van der Waals surface area contributed by atoms with Crippen molar-refractivity contribution >= 4 is 6.03 Å². The molecule has 0 bridgehead atoms. The van der Waals surface area contributed by atoms with E-state index in [1.54, 1.807) is 12.4 Å². The molecule has 0 aliphatic heterocycles. The van der Waals surface area contributed by atoms with Crippen molar-refractivity contribution in [3.8, 4) is 0 Å². The maximum atomic E-state index is 12.6. The highest BCUT2D eigenvalue weighted by molar-refractivity contribution is 5.74. The fourth-order valence-electron chi connectivity index (χ4n) is 3.07. The molecule has 5 heteroatoms. The fraction of sp³-hybridized carbons (Fsp3) is 0.667. The second-order valence-corrected chi connectivity index (χ2v) is 6.77. The number of nitrogens with zero attached hydrogens (tertiary/aromatic N) is 3. The zero-order valence-electron chi connectivity index (χ0n) is 14.5. The Morgan fingerprint density at radius 1 is 1.26 bits per heavy atom. The van der Waals surface area contributed by atoms with E-state index < -0.39 is 0 Å². The van der Waals surface area contributed by atoms with E-state index in [-0.39, 0.29) is 6.03 Å². The summed E-state index contributed by atoms with van der Waals surface area (Å²) in [5.74, 6) is 0.662. The minimum absolute atomic E-state index is 0.0428. The van der Waals surface area contributed by atoms with E-state index in [4.69, 9.17) is 0 Å². The van der Waals surface area contributed by atoms with Gasteiger partial charge in [0.25, 0.3) is 0 Å². The number of hydrogen-bond acceptors (Lipinski definition) is 3. The van der Waals surface area contributed by atoms with Gasteiger partial charge in [-0.1, -0.05) is 25.3 Å². The molecule has 1 N–H and O–H groups in total. The molecule has 1 aromatic rings. The van der Waals surface area contributed by atoms with Crippen molar-refractivity contribution in [2.75, 3.05) is 33.7 Å². The quantitative estimate of drug-likeness (QED) is 0.841. The van der Waals surface area contributed by atoms with E-state index in [2.05, 4.69) is 15.2 Å². The van der Waals surface area contributed by atoms with Crippen molar-refractivity contribution in [3.05, 3.63) is 30.1 Å². The third-order valence-electron chi connectivity index (χ3n) is 4.47. The molecule has 0 atom stereocenters. The van der Waals surface area contributed by atoms with E-state index in [1.165, 1.54) is 32.1 Å². The third-order valence-corrected chi connectivity index (χ3v) is 4.47. The van der Waals surface area contributed by atoms with Crippen LogP contribution in [0.15, 0.2) is 24.5 Å². The fourth-order valence-corrected chi connectivity index (χ4v) is 3.07. The van der Waals surface area contributed by atoms with Crippen LogP contribution in [0.1, 0.15) is 37.7 Å². The molecule has 0 radical (unpaired) electrons. The molecule has 1 aromatic heterocycles. The summed E-state index contributed by atoms with van der Waals surface area (Å²) >= 11 is 0. The van der Waals surface area contributed by atoms with E-state index in [9.17, 15) is 4.79 Å². The molecule has 5 nitrogen and oxygen atoms in total. The molecular weight excluding hydrogens is 288 g/mol. The third kappa shape index (κ3) is 6.57. The van der Waals surface area contributed by atoms with Crippen LogP contribution in [0.4, 0.5) is 4.79 Å². The largest absolute Gasteiger partial charge is 0.334 e. The Labute approximate surface area is 140 Å². The van der Waals surface area contributed by atoms with Crippen LogP contribution in [-0.2, 0) is 6.54 Å². The monoisotopic (exact) mass is 318 g/mol. The van der Waals surface area contributed by atoms with Gasteiger partial charge in [0.15, 0.2) is 0 Å². The molecule has 2 amide bonds. The Hall–Kier alpha value is -1.62. The van der Waals surface area contributed by atoms with Gasteiger partial charge in [0.1, 0.15) is 0 Å². The van der Waals surface area contributed by atoms with Gasteiger partial charge in [0, 0.05) is 38.6 Å². The van der Waals surface area contributed by atoms with Gasteiger partial charge in [0.05, 0.1) is 0 Å². The van der Waals surface area contributed by atoms with Crippen molar-refractivity contribution in [2.24, 2.45) is 5.92 Å². The average Bonchev–Trinajstić information content (AvgIpc) is 2.58. The maximum Gasteiger partial charge on any atom is 0.317 e. The Kier molecular flexibility index (Phi) is 7.33. The predicted octanol–water partition coefficient (Wildman–Crippen LogP) is 2.74. The average molecular weight is 318 g/mol. The number of hydrogen-bond donors (Lipinski definition) is 1. The zero-order valence-corrected chi connectivity index (χ0v) is 14.5. The normalized spacial score (nSPS) is 15.6. The summed E-state index contributed by atoms with van der Waals surface area (Å²) in [5.41, 5.74) is 1.03. The number of amides is 2. The van der Waals surface area contributed by atoms with Crippen LogP contribution in [-0.4, -0.2) is 54.5 Å². The second kappa shape index (κ2) is 9.50. The van der Waals surface area contributed by atoms with Crippen molar-refractivity contribution in [3.63, 3.8) is 0 Å². The summed E-state index contributed by atoms with van der Waals surface area (Å²) in [5, 5.41) is 3.04. The summed E-state index contributed by atoms with van der Waals surface area (Å²) in [6, 6.07) is 3.92. The van der Waals surface area contributed by atoms with Gasteiger partial charge in [-0.15, -0.1) is 0 Å². The number of likely N-dealkylation sites (N-methyl/N-ethyl adjacent to an activating group) is 1. The van der Waals surface area contributed by atoms with E-state index >= 15 is 0 Å². The van der Waals surface area contributed by atoms with Crippen LogP contribution in [0, 0.1) is 5.92 Å². The predicted molar refractivity (Wildman–Crippen MR) is 93.2 cm³/mol. The lowest BCUT2D eigenvalue weighted by atomic mass is 9.89. The van der Waals surface area contributed by atoms with Crippen LogP contribution in [0.5, 0.6) is 0 Å². The molecule has 0 saturated heterocycles. The van der Waals surface area contributed by atoms with Crippen molar-refractivity contribution in [1.82, 2.24) is 20.1 Å². The minimum Gasteiger partial charge on any atom is -0.334 e. The Balaban J connectivity index is 1.87. The number of urea groups is 1. The summed E-state index contributed by atoms with van der Waals surface area (Å²) in [6.45, 7) is 3.10. The van der Waals surface area contributed by atoms with Crippen molar-refractivity contribution < 1.29 is 4.79 Å². The lowest BCUT2D eigenvalue weighted by Gasteiger charge is -2.30. The highest BCUT2D eigenvalue weighted by atomic mass is 16.2. The molecule has 0 unspecified atom stereocenters. The van der Waals surface area contributed by atoms with Gasteiger partial charge in [-0.05, 0) is 44.5 Å². The topological polar surface area (TPSA) is 48.5 Å². The molecule has 1 fully saturated rings. The smallest absolute Gasteiger partial charge is 0.317 e. The van der Waals surface area contributed by atoms with Gasteiger partial charge in [-0.3, -0.25) is 4.98 Å². The first kappa shape index (κ1) is 17.7. The van der Waals surface area contributed by atoms with Gasteiger partial charge < -0.3 is 15.1 Å². The number of aromatic nitrogens is 1. The van der Waals surface area contributed by atoms with E-state index in [0.29, 0.717) is 12.5 Å². The highest BCUT2D eigenvalue weighted by Gasteiger charge is 2.20. The number of carbonyl (C=O) groups excluding carboxylic acids is 1. The van der Waals surface area contributed by atoms with Crippen molar-refractivity contribution in [2.45, 2.75) is 38.6 Å². The minimum atomic E-state index is 0.0428. The summed E-state index contributed by atoms with van der Waals surface area (Å²) in [4.78, 5) is 20.8. The number of carbonyl (C=O) groups is 1. The summed E-state index contributed by atoms with van der Waals surface area (Å²) in [7, 11) is 4.10. The Bertz CT molecular complexity index is 457. The molecule has 1 aliphatic carbocycles. The summed E-state index contributed by atoms with van der Waals surface area (Å²) < 4.78 is 0. The van der Waals surface area contributed by atoms with Crippen LogP contribution < -0.4 is 5.32 Å². The maximum absolute atomic E-state index is 12.6. The molecule has 0 aromatic carbocycles. The lowest BCUT2D eigenvalue weighted by molar-refractivity contribution is 0.171. The zero-order chi connectivity index (χ0) is 16.5. The molecule has 0 spiro atoms. The van der Waals surface area contributed by atoms with Gasteiger partial charge in [-0.2, -0.15) is 0 Å². The van der Waals surface area contributed by atoms with Gasteiger partial charge >= 0.3 is 6.03 Å². The molecule has 1 heterocycles. The number of nitrogens with one attached hydrogen (secondary N) is 1. The number of pyridine rings is 1. The first-order valence-corrected chi connectivity index (χ1v) is 8.71. The Morgan fingerprint density at radius 3 is 2.70 bits per heavy atom. The number of rotatable bonds is 7. The first-order chi connectivity index (χ1) is 11.1. The molecule has 1 aliphatic rings. The molecule has 128 valence electrons.